The van der Waals surface area contributed by atoms with Gasteiger partial charge in [0.15, 0.2) is 0 Å². The molecule has 1 aromatic carbocycles. The fraction of sp³-hybridized carbons (Fsp3) is 0. The number of hydrogen-bond acceptors (Lipinski definition) is 2. The lowest BCUT2D eigenvalue weighted by Crippen LogP contribution is -1.87. The Kier molecular flexibility index (Phi) is 9.40. The van der Waals surface area contributed by atoms with E-state index in [2.05, 4.69) is 22.4 Å². The molecule has 0 spiro atoms. The van der Waals surface area contributed by atoms with Gasteiger partial charge in [-0.3, -0.25) is 4.98 Å². The Hall–Kier alpha value is -1.65. The van der Waals surface area contributed by atoms with Crippen molar-refractivity contribution in [2.24, 2.45) is 0 Å². The molecule has 0 unspecified atom stereocenters. The van der Waals surface area contributed by atoms with Crippen molar-refractivity contribution < 1.29 is 0 Å². The van der Waals surface area contributed by atoms with Crippen LogP contribution < -0.4 is 5.32 Å². The van der Waals surface area contributed by atoms with Gasteiger partial charge in [0.2, 0.25) is 0 Å². The van der Waals surface area contributed by atoms with Gasteiger partial charge < -0.3 is 5.32 Å². The second kappa shape index (κ2) is 10.3. The van der Waals surface area contributed by atoms with Gasteiger partial charge in [-0.2, -0.15) is 27.0 Å². The van der Waals surface area contributed by atoms with Crippen molar-refractivity contribution in [3.05, 3.63) is 79.3 Å². The van der Waals surface area contributed by atoms with Crippen molar-refractivity contribution >= 4 is 37.9 Å². The van der Waals surface area contributed by atoms with Crippen molar-refractivity contribution in [3.63, 3.8) is 0 Å². The topological polar surface area (TPSA) is 24.9 Å². The van der Waals surface area contributed by atoms with E-state index in [-0.39, 0.29) is 27.0 Å². The quantitative estimate of drug-likeness (QED) is 0.801. The van der Waals surface area contributed by atoms with E-state index >= 15 is 0 Å². The summed E-state index contributed by atoms with van der Waals surface area (Å²) in [6.45, 7) is 0. The molecule has 3 rings (SSSR count). The van der Waals surface area contributed by atoms with Crippen molar-refractivity contribution in [1.29, 1.82) is 0 Å². The molecule has 19 heavy (non-hydrogen) atoms. The first-order valence-corrected chi connectivity index (χ1v) is 5.51. The Bertz CT molecular complexity index is 483. The average molecular weight is 290 g/mol. The predicted octanol–water partition coefficient (Wildman–Crippen LogP) is 3.63. The minimum absolute atomic E-state index is 0. The first-order chi connectivity index (χ1) is 8.47. The van der Waals surface area contributed by atoms with Crippen molar-refractivity contribution in [2.45, 2.75) is 0 Å². The van der Waals surface area contributed by atoms with E-state index in [1.54, 1.807) is 0 Å². The number of nitrogens with zero attached hydrogens (tertiary/aromatic N) is 1. The summed E-state index contributed by atoms with van der Waals surface area (Å²) >= 11 is 0. The summed E-state index contributed by atoms with van der Waals surface area (Å²) in [7, 11) is 0. The maximum atomic E-state index is 4.18. The van der Waals surface area contributed by atoms with Gasteiger partial charge >= 0.3 is 0 Å². The highest BCUT2D eigenvalue weighted by atomic mass is 32.1. The number of rotatable bonds is 0. The van der Waals surface area contributed by atoms with E-state index in [1.807, 2.05) is 67.2 Å². The first kappa shape index (κ1) is 17.4. The second-order valence-corrected chi connectivity index (χ2v) is 3.47. The van der Waals surface area contributed by atoms with E-state index in [1.165, 1.54) is 5.39 Å². The number of benzene rings is 1. The normalized spacial score (nSPS) is 11.2. The molecule has 2 nitrogen and oxygen atoms in total. The molecule has 0 fully saturated rings. The molecule has 0 saturated carbocycles. The van der Waals surface area contributed by atoms with Crippen LogP contribution in [0.25, 0.3) is 10.9 Å². The maximum Gasteiger partial charge on any atom is 0.0701 e. The van der Waals surface area contributed by atoms with E-state index in [9.17, 15) is 0 Å². The van der Waals surface area contributed by atoms with Gasteiger partial charge in [-0.15, -0.1) is 0 Å². The molecule has 4 heteroatoms. The molecule has 1 aliphatic rings. The van der Waals surface area contributed by atoms with Crippen LogP contribution in [0.1, 0.15) is 0 Å². The van der Waals surface area contributed by atoms with Gasteiger partial charge in [0.05, 0.1) is 5.52 Å². The summed E-state index contributed by atoms with van der Waals surface area (Å²) in [5, 5.41) is 4.12. The van der Waals surface area contributed by atoms with Crippen LogP contribution >= 0.6 is 27.0 Å². The van der Waals surface area contributed by atoms with Crippen molar-refractivity contribution in [3.8, 4) is 0 Å². The number of fused-ring (bicyclic) bond motifs is 1. The highest BCUT2D eigenvalue weighted by Gasteiger charge is 1.86. The Morgan fingerprint density at radius 1 is 0.737 bits per heavy atom. The molecule has 1 aliphatic heterocycles. The fourth-order valence-corrected chi connectivity index (χ4v) is 1.42. The molecule has 0 bridgehead atoms. The molecule has 1 N–H and O–H groups in total. The minimum Gasteiger partial charge on any atom is -0.368 e. The molecular formula is C15H18N2S2. The summed E-state index contributed by atoms with van der Waals surface area (Å²) in [5.74, 6) is 0. The first-order valence-electron chi connectivity index (χ1n) is 5.51. The third-order valence-corrected chi connectivity index (χ3v) is 2.23. The third-order valence-electron chi connectivity index (χ3n) is 2.23. The summed E-state index contributed by atoms with van der Waals surface area (Å²) in [5.41, 5.74) is 1.06. The maximum absolute atomic E-state index is 4.18. The van der Waals surface area contributed by atoms with Crippen LogP contribution in [0.2, 0.25) is 0 Å². The van der Waals surface area contributed by atoms with Crippen molar-refractivity contribution in [1.82, 2.24) is 10.3 Å². The Balaban J connectivity index is 0.000000325. The summed E-state index contributed by atoms with van der Waals surface area (Å²) in [4.78, 5) is 4.18. The highest BCUT2D eigenvalue weighted by Crippen LogP contribution is 2.07. The minimum atomic E-state index is 0. The van der Waals surface area contributed by atoms with Gasteiger partial charge in [0.25, 0.3) is 0 Å². The number of aromatic nitrogens is 1. The van der Waals surface area contributed by atoms with Crippen LogP contribution in [0.3, 0.4) is 0 Å². The second-order valence-electron chi connectivity index (χ2n) is 3.47. The lowest BCUT2D eigenvalue weighted by atomic mass is 10.2. The van der Waals surface area contributed by atoms with E-state index < -0.39 is 0 Å². The molecule has 0 atom stereocenters. The molecule has 1 aromatic heterocycles. The zero-order valence-corrected chi connectivity index (χ0v) is 12.5. The standard InChI is InChI=1S/C9H7N.C6H7N.2H2S/c1-2-6-9-8(4-1)5-3-7-10-9;1-2-4-6-7-5-3-1;;/h1-7H;1-7H;2*1H2. The summed E-state index contributed by atoms with van der Waals surface area (Å²) in [6.07, 6.45) is 13.4. The zero-order chi connectivity index (χ0) is 11.8. The SMILES string of the molecule is C1=CC=CNC=C1.S.S.c1ccc2ncccc2c1. The number of hydrogen-bond donors (Lipinski definition) is 1. The smallest absolute Gasteiger partial charge is 0.0701 e. The molecule has 0 amide bonds. The molecule has 100 valence electrons. The van der Waals surface area contributed by atoms with Crippen LogP contribution in [-0.4, -0.2) is 4.98 Å². The van der Waals surface area contributed by atoms with Crippen LogP contribution in [-0.2, 0) is 0 Å². The van der Waals surface area contributed by atoms with Crippen LogP contribution in [0.5, 0.6) is 0 Å². The van der Waals surface area contributed by atoms with Crippen LogP contribution in [0.15, 0.2) is 79.3 Å². The molecule has 2 aromatic rings. The lowest BCUT2D eigenvalue weighted by Gasteiger charge is -1.91. The largest absolute Gasteiger partial charge is 0.368 e. The molecular weight excluding hydrogens is 272 g/mol. The van der Waals surface area contributed by atoms with Gasteiger partial charge in [-0.1, -0.05) is 36.4 Å². The molecule has 0 radical (unpaired) electrons. The number of allylic oxidation sites excluding steroid dienone is 4. The number of pyridine rings is 1. The summed E-state index contributed by atoms with van der Waals surface area (Å²) in [6, 6.07) is 12.1. The predicted molar refractivity (Wildman–Crippen MR) is 93.1 cm³/mol. The molecule has 0 saturated heterocycles. The fourth-order valence-electron chi connectivity index (χ4n) is 1.42. The number of para-hydroxylation sites is 1. The average Bonchev–Trinajstić information content (AvgIpc) is 2.72. The van der Waals surface area contributed by atoms with Crippen molar-refractivity contribution in [2.75, 3.05) is 0 Å². The van der Waals surface area contributed by atoms with E-state index in [0.29, 0.717) is 0 Å². The summed E-state index contributed by atoms with van der Waals surface area (Å²) < 4.78 is 0. The Morgan fingerprint density at radius 3 is 2.05 bits per heavy atom. The zero-order valence-electron chi connectivity index (χ0n) is 10.5. The molecule has 2 heterocycles. The highest BCUT2D eigenvalue weighted by molar-refractivity contribution is 7.59. The third kappa shape index (κ3) is 6.18. The van der Waals surface area contributed by atoms with E-state index in [4.69, 9.17) is 0 Å². The van der Waals surface area contributed by atoms with Gasteiger partial charge in [-0.25, -0.2) is 0 Å². The molecule has 0 aliphatic carbocycles. The van der Waals surface area contributed by atoms with Gasteiger partial charge in [0.1, 0.15) is 0 Å². The van der Waals surface area contributed by atoms with Gasteiger partial charge in [0, 0.05) is 24.0 Å². The van der Waals surface area contributed by atoms with Gasteiger partial charge in [-0.05, 0) is 24.3 Å². The lowest BCUT2D eigenvalue weighted by molar-refractivity contribution is 1.20. The number of nitrogens with one attached hydrogen (secondary N) is 1. The Morgan fingerprint density at radius 2 is 1.37 bits per heavy atom. The monoisotopic (exact) mass is 290 g/mol. The van der Waals surface area contributed by atoms with Crippen LogP contribution in [0.4, 0.5) is 0 Å². The van der Waals surface area contributed by atoms with Crippen LogP contribution in [0, 0.1) is 0 Å². The Labute approximate surface area is 127 Å². The van der Waals surface area contributed by atoms with E-state index in [0.717, 1.165) is 5.52 Å².